The fourth-order valence-corrected chi connectivity index (χ4v) is 6.58. The first-order valence-corrected chi connectivity index (χ1v) is 16.1. The maximum atomic E-state index is 11.9. The number of carbonyl (C=O) groups is 2. The zero-order valence-corrected chi connectivity index (χ0v) is 26.8. The van der Waals surface area contributed by atoms with Crippen molar-refractivity contribution < 1.29 is 18.7 Å². The van der Waals surface area contributed by atoms with Gasteiger partial charge in [-0.3, -0.25) is 9.59 Å². The molecule has 4 rings (SSSR count). The molecule has 2 aliphatic heterocycles. The molecular weight excluding hydrogens is 656 g/mol. The molecule has 4 unspecified atom stereocenters. The summed E-state index contributed by atoms with van der Waals surface area (Å²) in [6.07, 6.45) is 0. The molecule has 8 nitrogen and oxygen atoms in total. The van der Waals surface area contributed by atoms with E-state index >= 15 is 0 Å². The average molecular weight is 686 g/mol. The Morgan fingerprint density at radius 3 is 1.21 bits per heavy atom. The number of alkyl halides is 2. The first kappa shape index (κ1) is 30.8. The lowest BCUT2D eigenvalue weighted by Gasteiger charge is -2.16. The van der Waals surface area contributed by atoms with Gasteiger partial charge in [0.1, 0.15) is 20.2 Å². The minimum Gasteiger partial charge on any atom is -0.611 e. The summed E-state index contributed by atoms with van der Waals surface area (Å²) in [5.74, 6) is 1.00. The van der Waals surface area contributed by atoms with Crippen LogP contribution < -0.4 is 0 Å². The van der Waals surface area contributed by atoms with Crippen LogP contribution in [0.15, 0.2) is 68.5 Å². The number of amides is 2. The van der Waals surface area contributed by atoms with Crippen LogP contribution in [0, 0.1) is 0 Å². The summed E-state index contributed by atoms with van der Waals surface area (Å²) < 4.78 is 21.8. The van der Waals surface area contributed by atoms with Gasteiger partial charge in [0.05, 0.1) is 11.4 Å². The first-order valence-electron chi connectivity index (χ1n) is 11.9. The van der Waals surface area contributed by atoms with E-state index in [-0.39, 0.29) is 11.8 Å². The van der Waals surface area contributed by atoms with Gasteiger partial charge in [0.25, 0.3) is 11.8 Å². The van der Waals surface area contributed by atoms with Crippen LogP contribution in [0.25, 0.3) is 0 Å². The lowest BCUT2D eigenvalue weighted by Crippen LogP contribution is -2.37. The molecule has 0 saturated heterocycles. The molecule has 4 atom stereocenters. The van der Waals surface area contributed by atoms with Crippen LogP contribution in [0.2, 0.25) is 0 Å². The van der Waals surface area contributed by atoms with E-state index in [1.807, 2.05) is 62.4 Å². The number of hydrogen-bond donors (Lipinski definition) is 0. The molecule has 0 aromatic heterocycles. The predicted molar refractivity (Wildman–Crippen MR) is 160 cm³/mol. The van der Waals surface area contributed by atoms with Crippen LogP contribution in [0.4, 0.5) is 0 Å². The third-order valence-electron chi connectivity index (χ3n) is 6.09. The Morgan fingerprint density at radius 1 is 0.711 bits per heavy atom. The van der Waals surface area contributed by atoms with Gasteiger partial charge in [-0.2, -0.15) is 10.2 Å². The summed E-state index contributed by atoms with van der Waals surface area (Å²) in [6, 6.07) is 14.7. The lowest BCUT2D eigenvalue weighted by molar-refractivity contribution is -0.129. The molecule has 204 valence electrons. The molecule has 0 aliphatic carbocycles. The molecule has 2 aromatic rings. The summed E-state index contributed by atoms with van der Waals surface area (Å²) in [5, 5.41) is 11.2. The van der Waals surface area contributed by atoms with E-state index in [1.165, 1.54) is 10.0 Å². The fourth-order valence-electron chi connectivity index (χ4n) is 3.91. The van der Waals surface area contributed by atoms with Gasteiger partial charge in [0, 0.05) is 25.2 Å². The highest BCUT2D eigenvalue weighted by Gasteiger charge is 2.45. The van der Waals surface area contributed by atoms with Crippen molar-refractivity contribution in [1.29, 1.82) is 0 Å². The van der Waals surface area contributed by atoms with Gasteiger partial charge >= 0.3 is 0 Å². The Morgan fingerprint density at radius 2 is 1.00 bits per heavy atom. The SMILES string of the molecule is CC[S+]([O-])c1ccc(C2=NN(C)C(=O)C2(C)Br)cc1.CC[S+]([O-])c1ccc(C2=NN(C)C(=O)C2(C)Br)cc1. The van der Waals surface area contributed by atoms with Crippen LogP contribution >= 0.6 is 31.9 Å². The van der Waals surface area contributed by atoms with Crippen LogP contribution in [-0.4, -0.2) is 76.6 Å². The van der Waals surface area contributed by atoms with Gasteiger partial charge in [0.15, 0.2) is 9.79 Å². The van der Waals surface area contributed by atoms with Crippen molar-refractivity contribution in [1.82, 2.24) is 10.0 Å². The van der Waals surface area contributed by atoms with Crippen LogP contribution in [0.3, 0.4) is 0 Å². The van der Waals surface area contributed by atoms with Gasteiger partial charge in [-0.25, -0.2) is 10.0 Å². The Labute approximate surface area is 246 Å². The second kappa shape index (κ2) is 12.2. The topological polar surface area (TPSA) is 111 Å². The normalized spacial score (nSPS) is 24.6. The molecule has 0 N–H and O–H groups in total. The Bertz CT molecular complexity index is 1150. The van der Waals surface area contributed by atoms with E-state index in [0.717, 1.165) is 20.9 Å². The summed E-state index contributed by atoms with van der Waals surface area (Å²) in [4.78, 5) is 25.5. The second-order valence-corrected chi connectivity index (χ2v) is 15.5. The quantitative estimate of drug-likeness (QED) is 0.334. The number of hydrazone groups is 2. The van der Waals surface area contributed by atoms with E-state index in [1.54, 1.807) is 27.9 Å². The zero-order chi connectivity index (χ0) is 28.4. The Kier molecular flexibility index (Phi) is 9.92. The van der Waals surface area contributed by atoms with Crippen molar-refractivity contribution in [3.8, 4) is 0 Å². The highest BCUT2D eigenvalue weighted by atomic mass is 79.9. The van der Waals surface area contributed by atoms with E-state index in [4.69, 9.17) is 0 Å². The molecule has 2 heterocycles. The fraction of sp³-hybridized carbons (Fsp3) is 0.385. The smallest absolute Gasteiger partial charge is 0.265 e. The zero-order valence-electron chi connectivity index (χ0n) is 22.0. The van der Waals surface area contributed by atoms with Crippen molar-refractivity contribution in [2.24, 2.45) is 10.2 Å². The average Bonchev–Trinajstić information content (AvgIpc) is 3.25. The molecule has 12 heteroatoms. The van der Waals surface area contributed by atoms with E-state index in [2.05, 4.69) is 42.1 Å². The largest absolute Gasteiger partial charge is 0.611 e. The molecule has 0 saturated carbocycles. The van der Waals surface area contributed by atoms with Crippen LogP contribution in [0.5, 0.6) is 0 Å². The van der Waals surface area contributed by atoms with Crippen molar-refractivity contribution in [2.75, 3.05) is 25.6 Å². The second-order valence-electron chi connectivity index (χ2n) is 8.88. The van der Waals surface area contributed by atoms with Gasteiger partial charge in [-0.05, 0) is 98.6 Å². The number of carbonyl (C=O) groups excluding carboxylic acids is 2. The van der Waals surface area contributed by atoms with E-state index in [9.17, 15) is 18.7 Å². The first-order chi connectivity index (χ1) is 17.7. The van der Waals surface area contributed by atoms with Crippen molar-refractivity contribution in [3.63, 3.8) is 0 Å². The highest BCUT2D eigenvalue weighted by Crippen LogP contribution is 2.33. The number of hydrogen-bond acceptors (Lipinski definition) is 6. The number of rotatable bonds is 6. The molecule has 0 spiro atoms. The van der Waals surface area contributed by atoms with Gasteiger partial charge in [0.2, 0.25) is 0 Å². The monoisotopic (exact) mass is 684 g/mol. The summed E-state index contributed by atoms with van der Waals surface area (Å²) in [6.45, 7) is 7.34. The number of nitrogens with zero attached hydrogens (tertiary/aromatic N) is 4. The van der Waals surface area contributed by atoms with Gasteiger partial charge in [-0.15, -0.1) is 0 Å². The van der Waals surface area contributed by atoms with E-state index < -0.39 is 31.0 Å². The van der Waals surface area contributed by atoms with Crippen molar-refractivity contribution in [2.45, 2.75) is 46.1 Å². The molecule has 2 aromatic carbocycles. The molecule has 0 radical (unpaired) electrons. The van der Waals surface area contributed by atoms with Gasteiger partial charge in [-0.1, -0.05) is 31.9 Å². The lowest BCUT2D eigenvalue weighted by atomic mass is 9.98. The molecule has 2 amide bonds. The van der Waals surface area contributed by atoms with Crippen LogP contribution in [0.1, 0.15) is 38.8 Å². The predicted octanol–water partition coefficient (Wildman–Crippen LogP) is 4.29. The minimum absolute atomic E-state index is 0.0938. The molecule has 2 aliphatic rings. The summed E-state index contributed by atoms with van der Waals surface area (Å²) >= 11 is 4.94. The summed E-state index contributed by atoms with van der Waals surface area (Å²) in [7, 11) is 3.27. The molecule has 38 heavy (non-hydrogen) atoms. The maximum Gasteiger partial charge on any atom is 0.265 e. The molecule has 0 fully saturated rings. The van der Waals surface area contributed by atoms with Gasteiger partial charge < -0.3 is 9.11 Å². The third-order valence-corrected chi connectivity index (χ3v) is 10.2. The van der Waals surface area contributed by atoms with Crippen molar-refractivity contribution in [3.05, 3.63) is 59.7 Å². The third kappa shape index (κ3) is 6.20. The summed E-state index contributed by atoms with van der Waals surface area (Å²) in [5.41, 5.74) is 3.06. The maximum absolute atomic E-state index is 11.9. The Hall–Kier alpha value is -1.70. The standard InChI is InChI=1S/2C13H15BrN2O2S/c2*1-4-19(18)10-7-5-9(6-8-10)11-13(2,14)12(17)16(3)15-11/h2*5-8H,4H2,1-3H3. The van der Waals surface area contributed by atoms with Crippen LogP contribution in [-0.2, 0) is 31.9 Å². The molecule has 0 bridgehead atoms. The number of benzene rings is 2. The highest BCUT2D eigenvalue weighted by molar-refractivity contribution is 9.10. The van der Waals surface area contributed by atoms with E-state index in [0.29, 0.717) is 22.9 Å². The number of halogens is 2. The minimum atomic E-state index is -0.962. The molecular formula is C26H30Br2N4O4S2. The van der Waals surface area contributed by atoms with Crippen molar-refractivity contribution >= 4 is 77.4 Å². The Balaban J connectivity index is 0.000000211.